The molecule has 0 bridgehead atoms. The van der Waals surface area contributed by atoms with Crippen molar-refractivity contribution in [2.24, 2.45) is 0 Å². The molecule has 1 aromatic rings. The van der Waals surface area contributed by atoms with E-state index < -0.39 is 6.10 Å². The Labute approximate surface area is 107 Å². The van der Waals surface area contributed by atoms with Gasteiger partial charge in [-0.05, 0) is 24.6 Å². The minimum Gasteiger partial charge on any atom is -0.387 e. The number of hydrogen-bond donors (Lipinski definition) is 1. The van der Waals surface area contributed by atoms with Gasteiger partial charge in [-0.3, -0.25) is 4.90 Å². The van der Waals surface area contributed by atoms with Gasteiger partial charge in [-0.2, -0.15) is 0 Å². The zero-order chi connectivity index (χ0) is 12.3. The number of halogens is 1. The maximum absolute atomic E-state index is 10.1. The minimum absolute atomic E-state index is 0.246. The van der Waals surface area contributed by atoms with Crippen LogP contribution in [0.5, 0.6) is 0 Å². The number of ether oxygens (including phenoxy) is 1. The molecule has 3 nitrogen and oxygen atoms in total. The summed E-state index contributed by atoms with van der Waals surface area (Å²) in [5, 5.41) is 10.8. The van der Waals surface area contributed by atoms with Crippen LogP contribution < -0.4 is 0 Å². The lowest BCUT2D eigenvalue weighted by Crippen LogP contribution is -2.42. The van der Waals surface area contributed by atoms with Crippen LogP contribution in [0.4, 0.5) is 0 Å². The van der Waals surface area contributed by atoms with Gasteiger partial charge in [0, 0.05) is 24.7 Å². The van der Waals surface area contributed by atoms with E-state index in [1.54, 1.807) is 0 Å². The van der Waals surface area contributed by atoms with Crippen molar-refractivity contribution in [2.75, 3.05) is 26.2 Å². The van der Waals surface area contributed by atoms with Gasteiger partial charge in [0.05, 0.1) is 18.8 Å². The van der Waals surface area contributed by atoms with Gasteiger partial charge in [0.2, 0.25) is 0 Å². The molecule has 0 aromatic heterocycles. The van der Waals surface area contributed by atoms with E-state index in [2.05, 4.69) is 11.8 Å². The van der Waals surface area contributed by atoms with Gasteiger partial charge in [0.1, 0.15) is 0 Å². The number of hydrogen-bond acceptors (Lipinski definition) is 3. The first-order valence-corrected chi connectivity index (χ1v) is 6.30. The number of nitrogens with zero attached hydrogens (tertiary/aromatic N) is 1. The predicted octanol–water partition coefficient (Wildman–Crippen LogP) is 2.09. The predicted molar refractivity (Wildman–Crippen MR) is 68.3 cm³/mol. The van der Waals surface area contributed by atoms with E-state index in [4.69, 9.17) is 16.3 Å². The molecule has 2 rings (SSSR count). The summed E-state index contributed by atoms with van der Waals surface area (Å²) >= 11 is 5.91. The van der Waals surface area contributed by atoms with Crippen LogP contribution in [-0.2, 0) is 4.74 Å². The van der Waals surface area contributed by atoms with E-state index >= 15 is 0 Å². The van der Waals surface area contributed by atoms with Crippen LogP contribution in [0.3, 0.4) is 0 Å². The molecule has 1 heterocycles. The third-order valence-electron chi connectivity index (χ3n) is 2.99. The Bertz CT molecular complexity index is 372. The van der Waals surface area contributed by atoms with Crippen molar-refractivity contribution in [3.05, 3.63) is 34.9 Å². The van der Waals surface area contributed by atoms with Crippen molar-refractivity contribution in [3.63, 3.8) is 0 Å². The fourth-order valence-electron chi connectivity index (χ4n) is 2.12. The number of β-amino-alcohol motifs (C(OH)–C–C–N with tert-alkyl or cyclic N) is 1. The maximum atomic E-state index is 10.1. The van der Waals surface area contributed by atoms with E-state index in [1.807, 2.05) is 24.3 Å². The fraction of sp³-hybridized carbons (Fsp3) is 0.538. The molecule has 0 saturated carbocycles. The van der Waals surface area contributed by atoms with E-state index in [-0.39, 0.29) is 6.10 Å². The zero-order valence-electron chi connectivity index (χ0n) is 9.97. The molecule has 4 heteroatoms. The monoisotopic (exact) mass is 255 g/mol. The van der Waals surface area contributed by atoms with Crippen molar-refractivity contribution in [3.8, 4) is 0 Å². The Balaban J connectivity index is 1.94. The summed E-state index contributed by atoms with van der Waals surface area (Å²) in [6.45, 7) is 5.18. The van der Waals surface area contributed by atoms with Crippen LogP contribution in [0.1, 0.15) is 18.6 Å². The molecule has 17 heavy (non-hydrogen) atoms. The first kappa shape index (κ1) is 12.8. The smallest absolute Gasteiger partial charge is 0.0917 e. The molecule has 1 N–H and O–H groups in total. The first-order valence-electron chi connectivity index (χ1n) is 5.92. The van der Waals surface area contributed by atoms with E-state index in [1.165, 1.54) is 0 Å². The third kappa shape index (κ3) is 3.68. The maximum Gasteiger partial charge on any atom is 0.0917 e. The fourth-order valence-corrected chi connectivity index (χ4v) is 2.32. The SMILES string of the molecule is CC1CN(CC(O)c2cccc(Cl)c2)CCO1. The van der Waals surface area contributed by atoms with Crippen molar-refractivity contribution in [1.29, 1.82) is 0 Å². The molecule has 0 amide bonds. The summed E-state index contributed by atoms with van der Waals surface area (Å²) in [5.74, 6) is 0. The average molecular weight is 256 g/mol. The molecule has 0 aliphatic carbocycles. The van der Waals surface area contributed by atoms with Crippen LogP contribution in [0.25, 0.3) is 0 Å². The van der Waals surface area contributed by atoms with E-state index in [0.29, 0.717) is 11.6 Å². The first-order chi connectivity index (χ1) is 8.15. The average Bonchev–Trinajstić information content (AvgIpc) is 2.29. The standard InChI is InChI=1S/C13H18ClNO2/c1-10-8-15(5-6-17-10)9-13(16)11-3-2-4-12(14)7-11/h2-4,7,10,13,16H,5-6,8-9H2,1H3. The molecule has 2 atom stereocenters. The highest BCUT2D eigenvalue weighted by Crippen LogP contribution is 2.19. The summed E-state index contributed by atoms with van der Waals surface area (Å²) in [5.41, 5.74) is 0.872. The summed E-state index contributed by atoms with van der Waals surface area (Å²) in [4.78, 5) is 2.22. The third-order valence-corrected chi connectivity index (χ3v) is 3.22. The summed E-state index contributed by atoms with van der Waals surface area (Å²) in [6.07, 6.45) is -0.241. The van der Waals surface area contributed by atoms with Crippen LogP contribution in [0.2, 0.25) is 5.02 Å². The minimum atomic E-state index is -0.487. The van der Waals surface area contributed by atoms with Crippen molar-refractivity contribution in [1.82, 2.24) is 4.90 Å². The Morgan fingerprint density at radius 2 is 2.41 bits per heavy atom. The van der Waals surface area contributed by atoms with Gasteiger partial charge < -0.3 is 9.84 Å². The van der Waals surface area contributed by atoms with Crippen LogP contribution >= 0.6 is 11.6 Å². The molecular formula is C13H18ClNO2. The van der Waals surface area contributed by atoms with Gasteiger partial charge in [0.15, 0.2) is 0 Å². The molecule has 94 valence electrons. The molecule has 1 aliphatic rings. The Morgan fingerprint density at radius 1 is 1.59 bits per heavy atom. The molecular weight excluding hydrogens is 238 g/mol. The Morgan fingerprint density at radius 3 is 3.12 bits per heavy atom. The second-order valence-electron chi connectivity index (χ2n) is 4.51. The molecule has 1 aromatic carbocycles. The molecule has 2 unspecified atom stereocenters. The lowest BCUT2D eigenvalue weighted by molar-refractivity contribution is -0.0319. The second-order valence-corrected chi connectivity index (χ2v) is 4.95. The lowest BCUT2D eigenvalue weighted by Gasteiger charge is -2.32. The number of morpholine rings is 1. The van der Waals surface area contributed by atoms with Gasteiger partial charge in [0.25, 0.3) is 0 Å². The Hall–Kier alpha value is -0.610. The van der Waals surface area contributed by atoms with Crippen molar-refractivity contribution < 1.29 is 9.84 Å². The Kier molecular flexibility index (Phi) is 4.40. The molecule has 0 radical (unpaired) electrons. The molecule has 0 spiro atoms. The normalized spacial score (nSPS) is 23.6. The highest BCUT2D eigenvalue weighted by atomic mass is 35.5. The van der Waals surface area contributed by atoms with Gasteiger partial charge in [-0.1, -0.05) is 23.7 Å². The summed E-state index contributed by atoms with van der Waals surface area (Å²) in [6, 6.07) is 7.40. The molecule has 1 aliphatic heterocycles. The summed E-state index contributed by atoms with van der Waals surface area (Å²) in [7, 11) is 0. The highest BCUT2D eigenvalue weighted by Gasteiger charge is 2.19. The summed E-state index contributed by atoms with van der Waals surface area (Å²) < 4.78 is 5.47. The van der Waals surface area contributed by atoms with Crippen LogP contribution in [0.15, 0.2) is 24.3 Å². The quantitative estimate of drug-likeness (QED) is 0.898. The number of aliphatic hydroxyl groups excluding tert-OH is 1. The zero-order valence-corrected chi connectivity index (χ0v) is 10.7. The number of rotatable bonds is 3. The van der Waals surface area contributed by atoms with Crippen molar-refractivity contribution in [2.45, 2.75) is 19.1 Å². The van der Waals surface area contributed by atoms with Gasteiger partial charge >= 0.3 is 0 Å². The largest absolute Gasteiger partial charge is 0.387 e. The van der Waals surface area contributed by atoms with Crippen LogP contribution in [-0.4, -0.2) is 42.4 Å². The topological polar surface area (TPSA) is 32.7 Å². The van der Waals surface area contributed by atoms with E-state index in [0.717, 1.165) is 25.3 Å². The van der Waals surface area contributed by atoms with Gasteiger partial charge in [-0.15, -0.1) is 0 Å². The van der Waals surface area contributed by atoms with Gasteiger partial charge in [-0.25, -0.2) is 0 Å². The second kappa shape index (κ2) is 5.83. The van der Waals surface area contributed by atoms with Crippen LogP contribution in [0, 0.1) is 0 Å². The highest BCUT2D eigenvalue weighted by molar-refractivity contribution is 6.30. The van der Waals surface area contributed by atoms with E-state index in [9.17, 15) is 5.11 Å². The molecule has 1 fully saturated rings. The number of benzene rings is 1. The van der Waals surface area contributed by atoms with Crippen molar-refractivity contribution >= 4 is 11.6 Å². The lowest BCUT2D eigenvalue weighted by atomic mass is 10.1. The molecule has 1 saturated heterocycles. The number of aliphatic hydroxyl groups is 1.